The Hall–Kier alpha value is -4.07. The van der Waals surface area contributed by atoms with Crippen LogP contribution in [0.1, 0.15) is 17.8 Å². The van der Waals surface area contributed by atoms with Gasteiger partial charge in [0.15, 0.2) is 11.5 Å². The van der Waals surface area contributed by atoms with Crippen LogP contribution in [0, 0.1) is 12.7 Å². The van der Waals surface area contributed by atoms with Crippen LogP contribution in [0.15, 0.2) is 66.7 Å². The number of aromatic nitrogens is 4. The van der Waals surface area contributed by atoms with Crippen LogP contribution in [0.5, 0.6) is 5.75 Å². The molecule has 32 heavy (non-hydrogen) atoms. The Balaban J connectivity index is 1.39. The van der Waals surface area contributed by atoms with Gasteiger partial charge in [-0.15, -0.1) is 5.10 Å². The van der Waals surface area contributed by atoms with Crippen LogP contribution >= 0.6 is 0 Å². The molecule has 0 fully saturated rings. The van der Waals surface area contributed by atoms with E-state index in [1.807, 2.05) is 42.5 Å². The van der Waals surface area contributed by atoms with Crippen LogP contribution in [0.3, 0.4) is 0 Å². The van der Waals surface area contributed by atoms with Gasteiger partial charge in [0.05, 0.1) is 13.2 Å². The molecule has 0 spiro atoms. The van der Waals surface area contributed by atoms with Crippen LogP contribution in [0.2, 0.25) is 0 Å². The maximum atomic E-state index is 13.6. The molecule has 4 aromatic rings. The number of hydrogen-bond acceptors (Lipinski definition) is 6. The molecule has 0 radical (unpaired) electrons. The number of hydrogen-bond donors (Lipinski definition) is 0. The molecule has 162 valence electrons. The summed E-state index contributed by atoms with van der Waals surface area (Å²) in [5, 5.41) is 13.3. The molecule has 0 saturated heterocycles. The summed E-state index contributed by atoms with van der Waals surface area (Å²) >= 11 is 0. The SMILES string of the molecule is Cc1nnnn1/C(=C/c1cccc(F)c1)C(=O)OCCCOc1cccc2ccccc12. The van der Waals surface area contributed by atoms with Crippen molar-refractivity contribution in [3.63, 3.8) is 0 Å². The van der Waals surface area contributed by atoms with Gasteiger partial charge >= 0.3 is 5.97 Å². The van der Waals surface area contributed by atoms with E-state index in [0.29, 0.717) is 24.4 Å². The summed E-state index contributed by atoms with van der Waals surface area (Å²) in [6.07, 6.45) is 1.98. The van der Waals surface area contributed by atoms with Crippen molar-refractivity contribution in [2.45, 2.75) is 13.3 Å². The van der Waals surface area contributed by atoms with Gasteiger partial charge in [0.1, 0.15) is 11.6 Å². The van der Waals surface area contributed by atoms with Gasteiger partial charge in [-0.3, -0.25) is 0 Å². The van der Waals surface area contributed by atoms with Gasteiger partial charge in [-0.05, 0) is 52.6 Å². The molecular weight excluding hydrogens is 411 g/mol. The van der Waals surface area contributed by atoms with Crippen molar-refractivity contribution in [2.75, 3.05) is 13.2 Å². The normalized spacial score (nSPS) is 11.5. The summed E-state index contributed by atoms with van der Waals surface area (Å²) in [5.74, 6) is 0.162. The lowest BCUT2D eigenvalue weighted by atomic mass is 10.1. The highest BCUT2D eigenvalue weighted by atomic mass is 19.1. The zero-order valence-corrected chi connectivity index (χ0v) is 17.4. The van der Waals surface area contributed by atoms with E-state index >= 15 is 0 Å². The van der Waals surface area contributed by atoms with Crippen LogP contribution in [-0.4, -0.2) is 39.4 Å². The largest absolute Gasteiger partial charge is 0.493 e. The second-order valence-electron chi connectivity index (χ2n) is 7.04. The third-order valence-electron chi connectivity index (χ3n) is 4.74. The van der Waals surface area contributed by atoms with Gasteiger partial charge < -0.3 is 9.47 Å². The fourth-order valence-electron chi connectivity index (χ4n) is 3.22. The molecular formula is C24H21FN4O3. The Kier molecular flexibility index (Phi) is 6.50. The lowest BCUT2D eigenvalue weighted by Gasteiger charge is -2.11. The zero-order valence-electron chi connectivity index (χ0n) is 17.4. The standard InChI is InChI=1S/C24H21FN4O3/c1-17-26-27-28-29(17)22(16-18-7-4-10-20(25)15-18)24(30)32-14-6-13-31-23-12-5-9-19-8-2-3-11-21(19)23/h2-5,7-12,15-16H,6,13-14H2,1H3/b22-16+. The van der Waals surface area contributed by atoms with Crippen molar-refractivity contribution in [1.29, 1.82) is 0 Å². The Morgan fingerprint density at radius 1 is 1.06 bits per heavy atom. The second kappa shape index (κ2) is 9.82. The molecule has 0 amide bonds. The summed E-state index contributed by atoms with van der Waals surface area (Å²) in [5.41, 5.74) is 0.583. The van der Waals surface area contributed by atoms with E-state index in [4.69, 9.17) is 9.47 Å². The van der Waals surface area contributed by atoms with E-state index in [2.05, 4.69) is 15.5 Å². The summed E-state index contributed by atoms with van der Waals surface area (Å²) in [7, 11) is 0. The molecule has 3 aromatic carbocycles. The first-order chi connectivity index (χ1) is 15.6. The van der Waals surface area contributed by atoms with Gasteiger partial charge in [0.25, 0.3) is 0 Å². The molecule has 0 saturated carbocycles. The van der Waals surface area contributed by atoms with E-state index in [0.717, 1.165) is 16.5 Å². The Morgan fingerprint density at radius 2 is 1.88 bits per heavy atom. The summed E-state index contributed by atoms with van der Waals surface area (Å²) in [6, 6.07) is 19.7. The number of benzene rings is 3. The molecule has 1 heterocycles. The van der Waals surface area contributed by atoms with Crippen molar-refractivity contribution >= 4 is 28.5 Å². The molecule has 1 aromatic heterocycles. The van der Waals surface area contributed by atoms with Crippen molar-refractivity contribution in [3.05, 3.63) is 83.9 Å². The number of carbonyl (C=O) groups is 1. The highest BCUT2D eigenvalue weighted by molar-refractivity contribution is 6.15. The van der Waals surface area contributed by atoms with Crippen molar-refractivity contribution in [2.24, 2.45) is 0 Å². The molecule has 0 aliphatic carbocycles. The number of rotatable bonds is 8. The van der Waals surface area contributed by atoms with Gasteiger partial charge in [-0.1, -0.05) is 48.5 Å². The minimum absolute atomic E-state index is 0.0908. The quantitative estimate of drug-likeness (QED) is 0.235. The van der Waals surface area contributed by atoms with Gasteiger partial charge in [0, 0.05) is 11.8 Å². The third-order valence-corrected chi connectivity index (χ3v) is 4.74. The Labute approximate surface area is 184 Å². The number of tetrazole rings is 1. The molecule has 0 unspecified atom stereocenters. The summed E-state index contributed by atoms with van der Waals surface area (Å²) in [6.45, 7) is 2.18. The van der Waals surface area contributed by atoms with Crippen molar-refractivity contribution in [1.82, 2.24) is 20.2 Å². The molecule has 0 bridgehead atoms. The van der Waals surface area contributed by atoms with E-state index < -0.39 is 11.8 Å². The van der Waals surface area contributed by atoms with Gasteiger partial charge in [0.2, 0.25) is 0 Å². The van der Waals surface area contributed by atoms with E-state index in [-0.39, 0.29) is 12.3 Å². The average Bonchev–Trinajstić information content (AvgIpc) is 3.22. The van der Waals surface area contributed by atoms with Gasteiger partial charge in [-0.25, -0.2) is 9.18 Å². The fourth-order valence-corrected chi connectivity index (χ4v) is 3.22. The zero-order chi connectivity index (χ0) is 22.3. The highest BCUT2D eigenvalue weighted by Crippen LogP contribution is 2.25. The minimum atomic E-state index is -0.616. The van der Waals surface area contributed by atoms with Crippen LogP contribution in [0.4, 0.5) is 4.39 Å². The predicted molar refractivity (Wildman–Crippen MR) is 118 cm³/mol. The molecule has 0 aliphatic heterocycles. The second-order valence-corrected chi connectivity index (χ2v) is 7.04. The maximum Gasteiger partial charge on any atom is 0.357 e. The Bertz CT molecular complexity index is 1260. The van der Waals surface area contributed by atoms with Gasteiger partial charge in [-0.2, -0.15) is 4.68 Å². The first kappa shape index (κ1) is 21.2. The van der Waals surface area contributed by atoms with E-state index in [1.165, 1.54) is 22.9 Å². The lowest BCUT2D eigenvalue weighted by Crippen LogP contribution is -2.16. The number of carbonyl (C=O) groups excluding carboxylic acids is 1. The molecule has 0 N–H and O–H groups in total. The monoisotopic (exact) mass is 432 g/mol. The number of aryl methyl sites for hydroxylation is 1. The number of halogens is 1. The maximum absolute atomic E-state index is 13.6. The highest BCUT2D eigenvalue weighted by Gasteiger charge is 2.18. The minimum Gasteiger partial charge on any atom is -0.493 e. The van der Waals surface area contributed by atoms with Crippen molar-refractivity contribution < 1.29 is 18.7 Å². The Morgan fingerprint density at radius 3 is 2.69 bits per heavy atom. The van der Waals surface area contributed by atoms with Crippen LogP contribution in [0.25, 0.3) is 22.5 Å². The third kappa shape index (κ3) is 4.97. The van der Waals surface area contributed by atoms with E-state index in [1.54, 1.807) is 19.1 Å². The molecule has 0 atom stereocenters. The molecule has 4 rings (SSSR count). The lowest BCUT2D eigenvalue weighted by molar-refractivity contribution is -0.137. The van der Waals surface area contributed by atoms with Crippen LogP contribution in [-0.2, 0) is 9.53 Å². The topological polar surface area (TPSA) is 79.1 Å². The molecule has 7 nitrogen and oxygen atoms in total. The number of nitrogens with zero attached hydrogens (tertiary/aromatic N) is 4. The number of fused-ring (bicyclic) bond motifs is 1. The van der Waals surface area contributed by atoms with E-state index in [9.17, 15) is 9.18 Å². The number of ether oxygens (including phenoxy) is 2. The summed E-state index contributed by atoms with van der Waals surface area (Å²) in [4.78, 5) is 12.7. The number of esters is 1. The average molecular weight is 432 g/mol. The molecule has 0 aliphatic rings. The fraction of sp³-hybridized carbons (Fsp3) is 0.167. The predicted octanol–water partition coefficient (Wildman–Crippen LogP) is 4.28. The van der Waals surface area contributed by atoms with Crippen molar-refractivity contribution in [3.8, 4) is 5.75 Å². The van der Waals surface area contributed by atoms with Crippen LogP contribution < -0.4 is 4.74 Å². The first-order valence-electron chi connectivity index (χ1n) is 10.1. The molecule has 8 heteroatoms. The first-order valence-corrected chi connectivity index (χ1v) is 10.1. The smallest absolute Gasteiger partial charge is 0.357 e. The summed E-state index contributed by atoms with van der Waals surface area (Å²) < 4.78 is 26.1.